The first kappa shape index (κ1) is 12.5. The predicted octanol–water partition coefficient (Wildman–Crippen LogP) is 3.47. The summed E-state index contributed by atoms with van der Waals surface area (Å²) < 4.78 is 18.5. The molecule has 1 heterocycles. The van der Waals surface area contributed by atoms with Crippen molar-refractivity contribution in [1.82, 2.24) is 4.98 Å². The van der Waals surface area contributed by atoms with Gasteiger partial charge in [0.05, 0.1) is 0 Å². The lowest BCUT2D eigenvalue weighted by Crippen LogP contribution is -2.02. The number of halogens is 2. The first-order valence-electron chi connectivity index (χ1n) is 4.88. The van der Waals surface area contributed by atoms with E-state index < -0.39 is 11.8 Å². The number of hydrogen-bond acceptors (Lipinski definition) is 3. The van der Waals surface area contributed by atoms with Crippen LogP contribution < -0.4 is 4.74 Å². The van der Waals surface area contributed by atoms with Crippen LogP contribution in [0.2, 0.25) is 0 Å². The first-order valence-corrected chi connectivity index (χ1v) is 5.68. The van der Waals surface area contributed by atoms with Crippen molar-refractivity contribution in [3.05, 3.63) is 52.4 Å². The van der Waals surface area contributed by atoms with Crippen LogP contribution in [0.1, 0.15) is 10.4 Å². The van der Waals surface area contributed by atoms with Gasteiger partial charge in [0.1, 0.15) is 17.1 Å². The number of benzene rings is 1. The van der Waals surface area contributed by atoms with Crippen LogP contribution in [-0.4, -0.2) is 16.1 Å². The van der Waals surface area contributed by atoms with Gasteiger partial charge in [-0.15, -0.1) is 0 Å². The number of nitrogens with zero attached hydrogens (tertiary/aromatic N) is 1. The van der Waals surface area contributed by atoms with Gasteiger partial charge < -0.3 is 9.84 Å². The van der Waals surface area contributed by atoms with Gasteiger partial charge in [-0.1, -0.05) is 0 Å². The molecule has 0 bridgehead atoms. The summed E-state index contributed by atoms with van der Waals surface area (Å²) in [4.78, 5) is 14.9. The molecule has 0 aliphatic rings. The molecule has 0 saturated carbocycles. The minimum Gasteiger partial charge on any atom is -0.477 e. The summed E-state index contributed by atoms with van der Waals surface area (Å²) >= 11 is 3.13. The maximum Gasteiger partial charge on any atom is 0.341 e. The fourth-order valence-electron chi connectivity index (χ4n) is 1.28. The first-order chi connectivity index (χ1) is 8.56. The van der Waals surface area contributed by atoms with Crippen LogP contribution in [0.5, 0.6) is 11.6 Å². The van der Waals surface area contributed by atoms with Crippen LogP contribution >= 0.6 is 15.9 Å². The Morgan fingerprint density at radius 2 is 2.00 bits per heavy atom. The second-order valence-corrected chi connectivity index (χ2v) is 4.28. The topological polar surface area (TPSA) is 59.4 Å². The van der Waals surface area contributed by atoms with Gasteiger partial charge in [0, 0.05) is 10.7 Å². The molecule has 0 unspecified atom stereocenters. The van der Waals surface area contributed by atoms with Crippen LogP contribution in [0.4, 0.5) is 4.39 Å². The number of hydrogen-bond donors (Lipinski definition) is 1. The summed E-state index contributed by atoms with van der Waals surface area (Å²) in [7, 11) is 0. The third-order valence-electron chi connectivity index (χ3n) is 2.08. The highest BCUT2D eigenvalue weighted by Crippen LogP contribution is 2.25. The molecule has 0 spiro atoms. The molecular formula is C12H7BrFNO3. The van der Waals surface area contributed by atoms with Gasteiger partial charge in [0.15, 0.2) is 0 Å². The fourth-order valence-corrected chi connectivity index (χ4v) is 1.61. The SMILES string of the molecule is O=C(O)c1cc(Br)cnc1Oc1ccc(F)cc1. The number of carbonyl (C=O) groups is 1. The Balaban J connectivity index is 2.34. The van der Waals surface area contributed by atoms with E-state index in [0.717, 1.165) is 0 Å². The minimum absolute atomic E-state index is 0.0442. The molecule has 2 rings (SSSR count). The Bertz CT molecular complexity index is 586. The molecule has 0 amide bonds. The molecule has 0 radical (unpaired) electrons. The van der Waals surface area contributed by atoms with Crippen molar-refractivity contribution in [2.75, 3.05) is 0 Å². The lowest BCUT2D eigenvalue weighted by atomic mass is 10.3. The Hall–Kier alpha value is -1.95. The van der Waals surface area contributed by atoms with Crippen LogP contribution in [0.15, 0.2) is 41.0 Å². The lowest BCUT2D eigenvalue weighted by Gasteiger charge is -2.07. The highest BCUT2D eigenvalue weighted by molar-refractivity contribution is 9.10. The molecule has 0 aliphatic heterocycles. The number of aromatic nitrogens is 1. The number of aromatic carboxylic acids is 1. The van der Waals surface area contributed by atoms with E-state index in [2.05, 4.69) is 20.9 Å². The van der Waals surface area contributed by atoms with Crippen LogP contribution in [0, 0.1) is 5.82 Å². The summed E-state index contributed by atoms with van der Waals surface area (Å²) in [5, 5.41) is 9.01. The standard InChI is InChI=1S/C12H7BrFNO3/c13-7-5-10(12(16)17)11(15-6-7)18-9-3-1-8(14)2-4-9/h1-6H,(H,16,17). The maximum absolute atomic E-state index is 12.7. The Labute approximate surface area is 110 Å². The second-order valence-electron chi connectivity index (χ2n) is 3.37. The van der Waals surface area contributed by atoms with E-state index in [1.807, 2.05) is 0 Å². The molecule has 1 N–H and O–H groups in total. The van der Waals surface area contributed by atoms with E-state index >= 15 is 0 Å². The summed E-state index contributed by atoms with van der Waals surface area (Å²) in [6.45, 7) is 0. The van der Waals surface area contributed by atoms with E-state index in [0.29, 0.717) is 10.2 Å². The van der Waals surface area contributed by atoms with Gasteiger partial charge >= 0.3 is 5.97 Å². The van der Waals surface area contributed by atoms with E-state index in [1.54, 1.807) is 0 Å². The van der Waals surface area contributed by atoms with Crippen molar-refractivity contribution >= 4 is 21.9 Å². The molecule has 1 aromatic heterocycles. The number of rotatable bonds is 3. The van der Waals surface area contributed by atoms with E-state index in [-0.39, 0.29) is 11.4 Å². The van der Waals surface area contributed by atoms with Crippen molar-refractivity contribution < 1.29 is 19.0 Å². The molecule has 4 nitrogen and oxygen atoms in total. The van der Waals surface area contributed by atoms with E-state index in [4.69, 9.17) is 9.84 Å². The van der Waals surface area contributed by atoms with Crippen molar-refractivity contribution in [1.29, 1.82) is 0 Å². The monoisotopic (exact) mass is 311 g/mol. The van der Waals surface area contributed by atoms with Crippen LogP contribution in [-0.2, 0) is 0 Å². The molecule has 0 aliphatic carbocycles. The van der Waals surface area contributed by atoms with Crippen molar-refractivity contribution in [2.24, 2.45) is 0 Å². The molecule has 0 atom stereocenters. The van der Waals surface area contributed by atoms with Gasteiger partial charge in [0.25, 0.3) is 0 Å². The Morgan fingerprint density at radius 1 is 1.33 bits per heavy atom. The van der Waals surface area contributed by atoms with Gasteiger partial charge in [-0.2, -0.15) is 0 Å². The zero-order valence-corrected chi connectivity index (χ0v) is 10.5. The van der Waals surface area contributed by atoms with Crippen molar-refractivity contribution in [3.63, 3.8) is 0 Å². The molecule has 92 valence electrons. The lowest BCUT2D eigenvalue weighted by molar-refractivity contribution is 0.0693. The van der Waals surface area contributed by atoms with Gasteiger partial charge in [0.2, 0.25) is 5.88 Å². The average Bonchev–Trinajstić information content (AvgIpc) is 2.34. The highest BCUT2D eigenvalue weighted by Gasteiger charge is 2.14. The summed E-state index contributed by atoms with van der Waals surface area (Å²) in [5.41, 5.74) is -0.0753. The van der Waals surface area contributed by atoms with Crippen LogP contribution in [0.25, 0.3) is 0 Å². The number of carboxylic acids is 1. The van der Waals surface area contributed by atoms with Gasteiger partial charge in [-0.05, 0) is 46.3 Å². The molecule has 6 heteroatoms. The largest absolute Gasteiger partial charge is 0.477 e. The second kappa shape index (κ2) is 5.14. The Morgan fingerprint density at radius 3 is 2.61 bits per heavy atom. The van der Waals surface area contributed by atoms with E-state index in [1.165, 1.54) is 36.5 Å². The maximum atomic E-state index is 12.7. The fraction of sp³-hybridized carbons (Fsp3) is 0. The highest BCUT2D eigenvalue weighted by atomic mass is 79.9. The predicted molar refractivity (Wildman–Crippen MR) is 65.4 cm³/mol. The average molecular weight is 312 g/mol. The number of ether oxygens (including phenoxy) is 1. The van der Waals surface area contributed by atoms with Gasteiger partial charge in [-0.3, -0.25) is 0 Å². The van der Waals surface area contributed by atoms with E-state index in [9.17, 15) is 9.18 Å². The third kappa shape index (κ3) is 2.84. The van der Waals surface area contributed by atoms with Crippen LogP contribution in [0.3, 0.4) is 0 Å². The van der Waals surface area contributed by atoms with Gasteiger partial charge in [-0.25, -0.2) is 14.2 Å². The van der Waals surface area contributed by atoms with Crippen molar-refractivity contribution in [3.8, 4) is 11.6 Å². The molecule has 1 aromatic carbocycles. The smallest absolute Gasteiger partial charge is 0.341 e. The number of carboxylic acid groups (broad SMARTS) is 1. The van der Waals surface area contributed by atoms with Crippen molar-refractivity contribution in [2.45, 2.75) is 0 Å². The molecular weight excluding hydrogens is 305 g/mol. The third-order valence-corrected chi connectivity index (χ3v) is 2.51. The minimum atomic E-state index is -1.15. The summed E-state index contributed by atoms with van der Waals surface area (Å²) in [6.07, 6.45) is 1.42. The molecule has 2 aromatic rings. The molecule has 18 heavy (non-hydrogen) atoms. The normalized spacial score (nSPS) is 10.1. The molecule has 0 fully saturated rings. The molecule has 0 saturated heterocycles. The number of pyridine rings is 1. The Kier molecular flexibility index (Phi) is 3.57. The quantitative estimate of drug-likeness (QED) is 0.943. The summed E-state index contributed by atoms with van der Waals surface area (Å²) in [6, 6.07) is 6.60. The zero-order valence-electron chi connectivity index (χ0n) is 8.93. The zero-order chi connectivity index (χ0) is 13.1. The summed E-state index contributed by atoms with van der Waals surface area (Å²) in [5.74, 6) is -1.28.